The van der Waals surface area contributed by atoms with Gasteiger partial charge in [-0.1, -0.05) is 12.1 Å². The van der Waals surface area contributed by atoms with Crippen molar-refractivity contribution in [3.8, 4) is 0 Å². The maximum Gasteiger partial charge on any atom is 0.223 e. The fourth-order valence-corrected chi connectivity index (χ4v) is 2.67. The van der Waals surface area contributed by atoms with Gasteiger partial charge in [0.25, 0.3) is 0 Å². The van der Waals surface area contributed by atoms with Crippen LogP contribution in [0.25, 0.3) is 0 Å². The van der Waals surface area contributed by atoms with Crippen molar-refractivity contribution < 1.29 is 9.18 Å². The zero-order valence-electron chi connectivity index (χ0n) is 12.2. The van der Waals surface area contributed by atoms with Gasteiger partial charge in [-0.15, -0.1) is 0 Å². The molecule has 1 amide bonds. The molecule has 1 aromatic carbocycles. The number of nitrogens with two attached hydrogens (primary N) is 1. The van der Waals surface area contributed by atoms with Crippen molar-refractivity contribution in [2.75, 3.05) is 0 Å². The molecule has 3 nitrogen and oxygen atoms in total. The molecule has 0 aliphatic heterocycles. The van der Waals surface area contributed by atoms with E-state index in [0.29, 0.717) is 5.56 Å². The highest BCUT2D eigenvalue weighted by molar-refractivity contribution is 5.79. The summed E-state index contributed by atoms with van der Waals surface area (Å²) in [7, 11) is 0. The zero-order valence-corrected chi connectivity index (χ0v) is 12.2. The van der Waals surface area contributed by atoms with E-state index in [9.17, 15) is 9.18 Å². The Balaban J connectivity index is 1.95. The Labute approximate surface area is 119 Å². The second kappa shape index (κ2) is 6.35. The predicted molar refractivity (Wildman–Crippen MR) is 77.6 cm³/mol. The van der Waals surface area contributed by atoms with Gasteiger partial charge in [0.15, 0.2) is 0 Å². The van der Waals surface area contributed by atoms with Crippen LogP contribution in [-0.2, 0) is 4.79 Å². The van der Waals surface area contributed by atoms with Crippen molar-refractivity contribution in [1.82, 2.24) is 5.32 Å². The second-order valence-electron chi connectivity index (χ2n) is 5.85. The molecule has 0 bridgehead atoms. The van der Waals surface area contributed by atoms with Crippen LogP contribution < -0.4 is 11.1 Å². The third-order valence-corrected chi connectivity index (χ3v) is 4.20. The van der Waals surface area contributed by atoms with Crippen molar-refractivity contribution in [3.05, 3.63) is 35.1 Å². The Morgan fingerprint density at radius 2 is 2.00 bits per heavy atom. The largest absolute Gasteiger partial charge is 0.349 e. The maximum atomic E-state index is 13.5. The van der Waals surface area contributed by atoms with Gasteiger partial charge in [-0.3, -0.25) is 4.79 Å². The van der Waals surface area contributed by atoms with E-state index in [-0.39, 0.29) is 29.7 Å². The Morgan fingerprint density at radius 1 is 1.35 bits per heavy atom. The molecule has 1 aliphatic carbocycles. The highest BCUT2D eigenvalue weighted by atomic mass is 19.1. The molecule has 1 unspecified atom stereocenters. The van der Waals surface area contributed by atoms with Crippen LogP contribution in [-0.4, -0.2) is 11.9 Å². The highest BCUT2D eigenvalue weighted by Gasteiger charge is 2.25. The predicted octanol–water partition coefficient (Wildman–Crippen LogP) is 2.83. The van der Waals surface area contributed by atoms with Crippen LogP contribution in [0.3, 0.4) is 0 Å². The average Bonchev–Trinajstić information content (AvgIpc) is 2.42. The number of carbonyl (C=O) groups is 1. The standard InChI is InChI=1S/C16H23FN2O/c1-10-3-4-13(9-15(10)17)11(2)19-16(20)12-5-7-14(18)8-6-12/h3-4,9,11-12,14H,5-8,18H2,1-2H3,(H,19,20). The lowest BCUT2D eigenvalue weighted by molar-refractivity contribution is -0.126. The fraction of sp³-hybridized carbons (Fsp3) is 0.562. The van der Waals surface area contributed by atoms with Crippen molar-refractivity contribution in [1.29, 1.82) is 0 Å². The van der Waals surface area contributed by atoms with Crippen LogP contribution in [0.4, 0.5) is 4.39 Å². The number of amides is 1. The minimum Gasteiger partial charge on any atom is -0.349 e. The van der Waals surface area contributed by atoms with Gasteiger partial charge in [0.1, 0.15) is 5.82 Å². The third-order valence-electron chi connectivity index (χ3n) is 4.20. The van der Waals surface area contributed by atoms with E-state index in [4.69, 9.17) is 5.73 Å². The first kappa shape index (κ1) is 15.0. The summed E-state index contributed by atoms with van der Waals surface area (Å²) in [5.41, 5.74) is 7.27. The molecular weight excluding hydrogens is 255 g/mol. The molecule has 1 aromatic rings. The normalized spacial score (nSPS) is 24.2. The van der Waals surface area contributed by atoms with E-state index in [2.05, 4.69) is 5.32 Å². The third kappa shape index (κ3) is 3.57. The van der Waals surface area contributed by atoms with E-state index >= 15 is 0 Å². The van der Waals surface area contributed by atoms with E-state index < -0.39 is 0 Å². The lowest BCUT2D eigenvalue weighted by Crippen LogP contribution is -2.37. The number of halogens is 1. The molecule has 0 spiro atoms. The van der Waals surface area contributed by atoms with Crippen molar-refractivity contribution in [2.45, 2.75) is 51.6 Å². The van der Waals surface area contributed by atoms with Gasteiger partial charge in [-0.25, -0.2) is 4.39 Å². The Bertz CT molecular complexity index is 481. The fourth-order valence-electron chi connectivity index (χ4n) is 2.67. The van der Waals surface area contributed by atoms with Gasteiger partial charge in [0.05, 0.1) is 6.04 Å². The lowest BCUT2D eigenvalue weighted by Gasteiger charge is -2.26. The number of hydrogen-bond donors (Lipinski definition) is 2. The van der Waals surface area contributed by atoms with E-state index in [1.165, 1.54) is 6.07 Å². The first-order chi connectivity index (χ1) is 9.47. The Kier molecular flexibility index (Phi) is 4.76. The number of benzene rings is 1. The molecule has 0 aromatic heterocycles. The van der Waals surface area contributed by atoms with Gasteiger partial charge in [0.2, 0.25) is 5.91 Å². The zero-order chi connectivity index (χ0) is 14.7. The van der Waals surface area contributed by atoms with Gasteiger partial charge in [-0.05, 0) is 56.7 Å². The summed E-state index contributed by atoms with van der Waals surface area (Å²) < 4.78 is 13.5. The highest BCUT2D eigenvalue weighted by Crippen LogP contribution is 2.24. The maximum absolute atomic E-state index is 13.5. The van der Waals surface area contributed by atoms with Crippen LogP contribution in [0.15, 0.2) is 18.2 Å². The number of carbonyl (C=O) groups excluding carboxylic acids is 1. The molecule has 2 rings (SSSR count). The average molecular weight is 278 g/mol. The molecule has 0 heterocycles. The quantitative estimate of drug-likeness (QED) is 0.893. The van der Waals surface area contributed by atoms with Crippen molar-refractivity contribution in [3.63, 3.8) is 0 Å². The molecule has 1 saturated carbocycles. The van der Waals surface area contributed by atoms with E-state index in [1.807, 2.05) is 13.0 Å². The van der Waals surface area contributed by atoms with Crippen LogP contribution in [0.5, 0.6) is 0 Å². The molecule has 1 atom stereocenters. The minimum absolute atomic E-state index is 0.0487. The minimum atomic E-state index is -0.229. The van der Waals surface area contributed by atoms with Gasteiger partial charge in [0, 0.05) is 12.0 Å². The summed E-state index contributed by atoms with van der Waals surface area (Å²) in [6, 6.07) is 5.17. The molecule has 4 heteroatoms. The van der Waals surface area contributed by atoms with Crippen LogP contribution >= 0.6 is 0 Å². The van der Waals surface area contributed by atoms with Gasteiger partial charge < -0.3 is 11.1 Å². The van der Waals surface area contributed by atoms with Gasteiger partial charge >= 0.3 is 0 Å². The monoisotopic (exact) mass is 278 g/mol. The van der Waals surface area contributed by atoms with Crippen molar-refractivity contribution in [2.24, 2.45) is 11.7 Å². The molecule has 1 fully saturated rings. The number of nitrogens with one attached hydrogen (secondary N) is 1. The topological polar surface area (TPSA) is 55.1 Å². The SMILES string of the molecule is Cc1ccc(C(C)NC(=O)C2CCC(N)CC2)cc1F. The Morgan fingerprint density at radius 3 is 2.60 bits per heavy atom. The van der Waals surface area contributed by atoms with Crippen LogP contribution in [0.1, 0.15) is 49.8 Å². The lowest BCUT2D eigenvalue weighted by atomic mass is 9.85. The first-order valence-corrected chi connectivity index (χ1v) is 7.29. The molecule has 3 N–H and O–H groups in total. The molecule has 110 valence electrons. The molecule has 0 radical (unpaired) electrons. The molecule has 1 aliphatic rings. The second-order valence-corrected chi connectivity index (χ2v) is 5.85. The summed E-state index contributed by atoms with van der Waals surface area (Å²) in [4.78, 5) is 12.2. The smallest absolute Gasteiger partial charge is 0.223 e. The summed E-state index contributed by atoms with van der Waals surface area (Å²) in [5, 5.41) is 2.98. The summed E-state index contributed by atoms with van der Waals surface area (Å²) in [6.45, 7) is 3.62. The number of aryl methyl sites for hydroxylation is 1. The summed E-state index contributed by atoms with van der Waals surface area (Å²) in [5.74, 6) is -0.120. The Hall–Kier alpha value is -1.42. The number of rotatable bonds is 3. The molecular formula is C16H23FN2O. The van der Waals surface area contributed by atoms with Gasteiger partial charge in [-0.2, -0.15) is 0 Å². The van der Waals surface area contributed by atoms with E-state index in [0.717, 1.165) is 31.2 Å². The summed E-state index contributed by atoms with van der Waals surface area (Å²) in [6.07, 6.45) is 3.52. The molecule has 0 saturated heterocycles. The van der Waals surface area contributed by atoms with Crippen molar-refractivity contribution >= 4 is 5.91 Å². The molecule has 20 heavy (non-hydrogen) atoms. The van der Waals surface area contributed by atoms with Crippen LogP contribution in [0.2, 0.25) is 0 Å². The van der Waals surface area contributed by atoms with Crippen LogP contribution in [0, 0.1) is 18.7 Å². The number of hydrogen-bond acceptors (Lipinski definition) is 2. The summed E-state index contributed by atoms with van der Waals surface area (Å²) >= 11 is 0. The first-order valence-electron chi connectivity index (χ1n) is 7.29. The van der Waals surface area contributed by atoms with E-state index in [1.54, 1.807) is 13.0 Å².